The molecule has 0 radical (unpaired) electrons. The molecule has 0 atom stereocenters. The molecule has 0 N–H and O–H groups in total. The Morgan fingerprint density at radius 3 is 2.12 bits per heavy atom. The summed E-state index contributed by atoms with van der Waals surface area (Å²) in [7, 11) is 1.30. The Hall–Kier alpha value is -3.91. The Balaban J connectivity index is 1.59. The van der Waals surface area contributed by atoms with Crippen LogP contribution in [-0.2, 0) is 4.74 Å². The molecule has 0 unspecified atom stereocenters. The van der Waals surface area contributed by atoms with E-state index in [1.807, 2.05) is 0 Å². The summed E-state index contributed by atoms with van der Waals surface area (Å²) in [5, 5.41) is 0.269. The van der Waals surface area contributed by atoms with Crippen molar-refractivity contribution in [2.24, 2.45) is 0 Å². The van der Waals surface area contributed by atoms with Gasteiger partial charge in [-0.25, -0.2) is 9.59 Å². The van der Waals surface area contributed by atoms with Crippen LogP contribution < -0.4 is 14.9 Å². The third kappa shape index (κ3) is 4.80. The van der Waals surface area contributed by atoms with Gasteiger partial charge in [0.2, 0.25) is 11.2 Å². The number of carbonyl (C=O) groups is 2. The molecule has 0 fully saturated rings. The monoisotopic (exact) mass is 508 g/mol. The van der Waals surface area contributed by atoms with Crippen molar-refractivity contribution in [3.63, 3.8) is 0 Å². The van der Waals surface area contributed by atoms with Crippen LogP contribution >= 0.6 is 15.9 Å². The summed E-state index contributed by atoms with van der Waals surface area (Å²) in [5.41, 5.74) is 0.624. The number of methoxy groups -OCH3 is 1. The molecule has 7 nitrogen and oxygen atoms in total. The molecule has 0 aliphatic heterocycles. The van der Waals surface area contributed by atoms with E-state index in [4.69, 9.17) is 13.9 Å². The minimum atomic E-state index is -0.531. The van der Waals surface area contributed by atoms with Crippen molar-refractivity contribution >= 4 is 38.8 Å². The smallest absolute Gasteiger partial charge is 0.343 e. The van der Waals surface area contributed by atoms with Crippen LogP contribution in [-0.4, -0.2) is 19.0 Å². The van der Waals surface area contributed by atoms with Crippen molar-refractivity contribution < 1.29 is 28.2 Å². The van der Waals surface area contributed by atoms with E-state index in [2.05, 4.69) is 20.7 Å². The lowest BCUT2D eigenvalue weighted by Gasteiger charge is -2.10. The van der Waals surface area contributed by atoms with Gasteiger partial charge in [0.25, 0.3) is 0 Å². The number of fused-ring (bicyclic) bond motifs is 1. The van der Waals surface area contributed by atoms with Gasteiger partial charge in [-0.15, -0.1) is 0 Å². The number of esters is 2. The van der Waals surface area contributed by atoms with Gasteiger partial charge in [0.05, 0.1) is 23.6 Å². The highest BCUT2D eigenvalue weighted by Crippen LogP contribution is 2.28. The predicted octanol–water partition coefficient (Wildman–Crippen LogP) is 5.66. The Kier molecular flexibility index (Phi) is 6.28. The highest BCUT2D eigenvalue weighted by molar-refractivity contribution is 9.10. The molecule has 0 saturated heterocycles. The molecule has 0 aliphatic carbocycles. The van der Waals surface area contributed by atoms with Crippen LogP contribution in [0.5, 0.6) is 17.2 Å². The molecule has 4 rings (SSSR count). The second-order valence-electron chi connectivity index (χ2n) is 6.99. The van der Waals surface area contributed by atoms with Gasteiger partial charge in [-0.2, -0.15) is 0 Å². The molecule has 8 heteroatoms. The summed E-state index contributed by atoms with van der Waals surface area (Å²) in [4.78, 5) is 36.9. The summed E-state index contributed by atoms with van der Waals surface area (Å²) in [6.45, 7) is 1.60. The van der Waals surface area contributed by atoms with Crippen molar-refractivity contribution in [3.8, 4) is 17.2 Å². The fourth-order valence-electron chi connectivity index (χ4n) is 3.10. The number of rotatable bonds is 5. The number of aryl methyl sites for hydroxylation is 1. The highest BCUT2D eigenvalue weighted by atomic mass is 79.9. The molecule has 1 aromatic heterocycles. The van der Waals surface area contributed by atoms with Crippen LogP contribution in [0.3, 0.4) is 0 Å². The number of hydrogen-bond acceptors (Lipinski definition) is 7. The largest absolute Gasteiger partial charge is 0.465 e. The minimum absolute atomic E-state index is 0.0212. The number of benzene rings is 3. The van der Waals surface area contributed by atoms with Crippen LogP contribution in [0.2, 0.25) is 0 Å². The second kappa shape index (κ2) is 9.30. The van der Waals surface area contributed by atoms with E-state index in [9.17, 15) is 14.4 Å². The van der Waals surface area contributed by atoms with Crippen molar-refractivity contribution in [2.75, 3.05) is 7.11 Å². The molecular formula is C25H17BrO7. The van der Waals surface area contributed by atoms with Crippen molar-refractivity contribution in [1.82, 2.24) is 0 Å². The minimum Gasteiger partial charge on any atom is -0.465 e. The maximum Gasteiger partial charge on any atom is 0.343 e. The Morgan fingerprint density at radius 2 is 1.45 bits per heavy atom. The van der Waals surface area contributed by atoms with Gasteiger partial charge in [-0.3, -0.25) is 4.79 Å². The van der Waals surface area contributed by atoms with Gasteiger partial charge in [-0.1, -0.05) is 15.9 Å². The maximum atomic E-state index is 13.0. The number of carbonyl (C=O) groups excluding carboxylic acids is 2. The first-order valence-electron chi connectivity index (χ1n) is 9.77. The molecule has 3 aromatic carbocycles. The van der Waals surface area contributed by atoms with Gasteiger partial charge in [0.1, 0.15) is 22.8 Å². The number of halogens is 1. The van der Waals surface area contributed by atoms with Crippen molar-refractivity contribution in [1.29, 1.82) is 0 Å². The molecule has 1 heterocycles. The fourth-order valence-corrected chi connectivity index (χ4v) is 3.36. The normalized spacial score (nSPS) is 10.6. The lowest BCUT2D eigenvalue weighted by Crippen LogP contribution is -2.10. The summed E-state index contributed by atoms with van der Waals surface area (Å²) >= 11 is 3.32. The lowest BCUT2D eigenvalue weighted by molar-refractivity contribution is 0.0600. The van der Waals surface area contributed by atoms with Gasteiger partial charge in [-0.05, 0) is 67.6 Å². The summed E-state index contributed by atoms with van der Waals surface area (Å²) < 4.78 is 22.4. The van der Waals surface area contributed by atoms with E-state index < -0.39 is 11.9 Å². The first-order valence-corrected chi connectivity index (χ1v) is 10.6. The van der Waals surface area contributed by atoms with Gasteiger partial charge < -0.3 is 18.6 Å². The van der Waals surface area contributed by atoms with Crippen LogP contribution in [0, 0.1) is 6.92 Å². The first kappa shape index (κ1) is 22.3. The molecule has 0 aliphatic rings. The van der Waals surface area contributed by atoms with Gasteiger partial charge in [0.15, 0.2) is 0 Å². The molecule has 0 bridgehead atoms. The van der Waals surface area contributed by atoms with Gasteiger partial charge >= 0.3 is 11.9 Å². The number of ether oxygens (including phenoxy) is 3. The molecule has 0 spiro atoms. The predicted molar refractivity (Wildman–Crippen MR) is 124 cm³/mol. The van der Waals surface area contributed by atoms with E-state index >= 15 is 0 Å². The quantitative estimate of drug-likeness (QED) is 0.253. The average Bonchev–Trinajstić information content (AvgIpc) is 2.82. The summed E-state index contributed by atoms with van der Waals surface area (Å²) in [6, 6.07) is 17.4. The molecule has 33 heavy (non-hydrogen) atoms. The van der Waals surface area contributed by atoms with Crippen LogP contribution in [0.25, 0.3) is 11.0 Å². The third-order valence-corrected chi connectivity index (χ3v) is 5.30. The van der Waals surface area contributed by atoms with Crippen LogP contribution in [0.4, 0.5) is 0 Å². The topological polar surface area (TPSA) is 92.0 Å². The zero-order valence-corrected chi connectivity index (χ0v) is 19.2. The van der Waals surface area contributed by atoms with E-state index in [-0.39, 0.29) is 33.7 Å². The molecular weight excluding hydrogens is 492 g/mol. The highest BCUT2D eigenvalue weighted by Gasteiger charge is 2.16. The van der Waals surface area contributed by atoms with E-state index in [0.717, 1.165) is 4.47 Å². The Labute approximate surface area is 196 Å². The molecule has 166 valence electrons. The molecule has 0 amide bonds. The lowest BCUT2D eigenvalue weighted by atomic mass is 10.2. The zero-order chi connectivity index (χ0) is 23.5. The van der Waals surface area contributed by atoms with Gasteiger partial charge in [0, 0.05) is 10.5 Å². The zero-order valence-electron chi connectivity index (χ0n) is 17.6. The van der Waals surface area contributed by atoms with E-state index in [0.29, 0.717) is 16.9 Å². The molecule has 0 saturated carbocycles. The standard InChI is InChI=1S/C25H17BrO7/c1-14-23(32-18-9-5-15(6-10-18)24(28)30-2)22(27)20-12-11-19(13-21(20)31-14)33-25(29)16-3-7-17(26)8-4-16/h3-13H,1-2H3. The first-order chi connectivity index (χ1) is 15.9. The van der Waals surface area contributed by atoms with Crippen LogP contribution in [0.1, 0.15) is 26.5 Å². The van der Waals surface area contributed by atoms with Crippen molar-refractivity contribution in [3.05, 3.63) is 98.3 Å². The SMILES string of the molecule is COC(=O)c1ccc(Oc2c(C)oc3cc(OC(=O)c4ccc(Br)cc4)ccc3c2=O)cc1. The summed E-state index contributed by atoms with van der Waals surface area (Å²) in [6.07, 6.45) is 0. The molecule has 4 aromatic rings. The Bertz CT molecular complexity index is 1400. The van der Waals surface area contributed by atoms with Crippen molar-refractivity contribution in [2.45, 2.75) is 6.92 Å². The fraction of sp³-hybridized carbons (Fsp3) is 0.0800. The van der Waals surface area contributed by atoms with E-state index in [1.165, 1.54) is 37.4 Å². The second-order valence-corrected chi connectivity index (χ2v) is 7.90. The summed E-state index contributed by atoms with van der Waals surface area (Å²) in [5.74, 6) is -0.132. The third-order valence-electron chi connectivity index (χ3n) is 4.77. The number of hydrogen-bond donors (Lipinski definition) is 0. The van der Waals surface area contributed by atoms with Crippen LogP contribution in [0.15, 0.2) is 80.4 Å². The Morgan fingerprint density at radius 1 is 0.848 bits per heavy atom. The van der Waals surface area contributed by atoms with E-state index in [1.54, 1.807) is 43.3 Å². The average molecular weight is 509 g/mol. The maximum absolute atomic E-state index is 13.0.